The molecule has 22 heavy (non-hydrogen) atoms. The van der Waals surface area contributed by atoms with E-state index in [4.69, 9.17) is 4.74 Å². The van der Waals surface area contributed by atoms with Gasteiger partial charge in [-0.25, -0.2) is 4.98 Å². The van der Waals surface area contributed by atoms with Crippen LogP contribution in [0.4, 0.5) is 0 Å². The smallest absolute Gasteiger partial charge is 0.254 e. The molecule has 2 aromatic rings. The molecule has 1 aliphatic rings. The van der Waals surface area contributed by atoms with E-state index < -0.39 is 0 Å². The van der Waals surface area contributed by atoms with Crippen molar-refractivity contribution < 1.29 is 9.53 Å². The van der Waals surface area contributed by atoms with Gasteiger partial charge in [-0.05, 0) is 30.5 Å². The number of carbonyl (C=O) groups excluding carboxylic acids is 1. The van der Waals surface area contributed by atoms with Crippen molar-refractivity contribution in [2.75, 3.05) is 26.0 Å². The Morgan fingerprint density at radius 2 is 2.32 bits per heavy atom. The molecule has 0 N–H and O–H groups in total. The van der Waals surface area contributed by atoms with Gasteiger partial charge in [-0.1, -0.05) is 0 Å². The van der Waals surface area contributed by atoms with Gasteiger partial charge in [0, 0.05) is 37.2 Å². The zero-order valence-corrected chi connectivity index (χ0v) is 13.5. The van der Waals surface area contributed by atoms with Gasteiger partial charge in [-0.3, -0.25) is 4.79 Å². The van der Waals surface area contributed by atoms with Gasteiger partial charge in [0.1, 0.15) is 0 Å². The molecule has 6 heteroatoms. The molecule has 1 fully saturated rings. The molecule has 2 aromatic heterocycles. The molecular weight excluding hydrogens is 298 g/mol. The first-order valence-corrected chi connectivity index (χ1v) is 8.43. The largest absolute Gasteiger partial charge is 0.377 e. The first-order chi connectivity index (χ1) is 10.7. The zero-order chi connectivity index (χ0) is 15.5. The summed E-state index contributed by atoms with van der Waals surface area (Å²) in [5.74, 6) is 0.0344. The third-order valence-electron chi connectivity index (χ3n) is 3.91. The van der Waals surface area contributed by atoms with Crippen LogP contribution in [0.1, 0.15) is 22.1 Å². The van der Waals surface area contributed by atoms with Crippen molar-refractivity contribution in [1.82, 2.24) is 14.5 Å². The van der Waals surface area contributed by atoms with Crippen LogP contribution in [0.3, 0.4) is 0 Å². The predicted molar refractivity (Wildman–Crippen MR) is 86.0 cm³/mol. The van der Waals surface area contributed by atoms with Crippen LogP contribution in [0.15, 0.2) is 41.7 Å². The van der Waals surface area contributed by atoms with Crippen molar-refractivity contribution in [3.8, 4) is 0 Å². The summed E-state index contributed by atoms with van der Waals surface area (Å²) in [6, 6.07) is 7.61. The van der Waals surface area contributed by atoms with Crippen LogP contribution < -0.4 is 0 Å². The van der Waals surface area contributed by atoms with Gasteiger partial charge in [0.05, 0.1) is 24.3 Å². The fourth-order valence-corrected chi connectivity index (χ4v) is 3.14. The van der Waals surface area contributed by atoms with Crippen LogP contribution >= 0.6 is 11.8 Å². The van der Waals surface area contributed by atoms with E-state index in [0.717, 1.165) is 10.7 Å². The van der Waals surface area contributed by atoms with Gasteiger partial charge >= 0.3 is 0 Å². The highest BCUT2D eigenvalue weighted by Crippen LogP contribution is 2.26. The molecule has 5 nitrogen and oxygen atoms in total. The number of thioether (sulfide) groups is 1. The maximum atomic E-state index is 12.9. The highest BCUT2D eigenvalue weighted by Gasteiger charge is 2.30. The highest BCUT2D eigenvalue weighted by molar-refractivity contribution is 7.98. The minimum Gasteiger partial charge on any atom is -0.377 e. The molecule has 3 heterocycles. The molecule has 3 rings (SSSR count). The monoisotopic (exact) mass is 317 g/mol. The number of hydrogen-bond donors (Lipinski definition) is 0. The second-order valence-corrected chi connectivity index (χ2v) is 6.05. The molecule has 0 saturated carbocycles. The molecule has 0 bridgehead atoms. The third kappa shape index (κ3) is 2.89. The van der Waals surface area contributed by atoms with Crippen LogP contribution in [0.5, 0.6) is 0 Å². The van der Waals surface area contributed by atoms with Crippen molar-refractivity contribution in [3.63, 3.8) is 0 Å². The van der Waals surface area contributed by atoms with Gasteiger partial charge in [0.15, 0.2) is 0 Å². The lowest BCUT2D eigenvalue weighted by atomic mass is 10.1. The summed E-state index contributed by atoms with van der Waals surface area (Å²) in [6.07, 6.45) is 5.64. The maximum Gasteiger partial charge on any atom is 0.254 e. The van der Waals surface area contributed by atoms with Gasteiger partial charge in [-0.15, -0.1) is 11.8 Å². The normalized spacial score (nSPS) is 18.5. The molecule has 0 aliphatic carbocycles. The highest BCUT2D eigenvalue weighted by atomic mass is 32.2. The van der Waals surface area contributed by atoms with Crippen molar-refractivity contribution in [2.24, 2.45) is 7.05 Å². The third-order valence-corrected chi connectivity index (χ3v) is 4.55. The molecule has 0 radical (unpaired) electrons. The lowest BCUT2D eigenvalue weighted by Crippen LogP contribution is -2.44. The van der Waals surface area contributed by atoms with E-state index in [1.807, 2.05) is 47.2 Å². The Morgan fingerprint density at radius 1 is 1.45 bits per heavy atom. The number of morpholine rings is 1. The Morgan fingerprint density at radius 3 is 3.05 bits per heavy atom. The Kier molecular flexibility index (Phi) is 4.49. The van der Waals surface area contributed by atoms with Crippen molar-refractivity contribution in [1.29, 1.82) is 0 Å². The Bertz CT molecular complexity index is 671. The van der Waals surface area contributed by atoms with Crippen LogP contribution in [0.25, 0.3) is 0 Å². The summed E-state index contributed by atoms with van der Waals surface area (Å²) in [7, 11) is 1.99. The van der Waals surface area contributed by atoms with Gasteiger partial charge in [0.2, 0.25) is 0 Å². The van der Waals surface area contributed by atoms with E-state index in [1.54, 1.807) is 12.3 Å². The van der Waals surface area contributed by atoms with Crippen molar-refractivity contribution >= 4 is 17.7 Å². The average molecular weight is 317 g/mol. The number of aromatic nitrogens is 2. The molecule has 1 saturated heterocycles. The van der Waals surface area contributed by atoms with Crippen LogP contribution in [0, 0.1) is 0 Å². The summed E-state index contributed by atoms with van der Waals surface area (Å²) >= 11 is 1.54. The van der Waals surface area contributed by atoms with Gasteiger partial charge in [0.25, 0.3) is 5.91 Å². The lowest BCUT2D eigenvalue weighted by molar-refractivity contribution is -0.00465. The molecular formula is C16H19N3O2S. The second-order valence-electron chi connectivity index (χ2n) is 5.22. The fraction of sp³-hybridized carbons (Fsp3) is 0.375. The topological polar surface area (TPSA) is 47.4 Å². The number of ether oxygens (including phenoxy) is 1. The minimum absolute atomic E-state index is 0.0344. The zero-order valence-electron chi connectivity index (χ0n) is 12.7. The number of amides is 1. The summed E-state index contributed by atoms with van der Waals surface area (Å²) in [6.45, 7) is 1.71. The Balaban J connectivity index is 1.90. The number of pyridine rings is 1. The molecule has 0 unspecified atom stereocenters. The van der Waals surface area contributed by atoms with Crippen molar-refractivity contribution in [3.05, 3.63) is 47.9 Å². The summed E-state index contributed by atoms with van der Waals surface area (Å²) < 4.78 is 7.64. The van der Waals surface area contributed by atoms with E-state index in [0.29, 0.717) is 25.3 Å². The fourth-order valence-electron chi connectivity index (χ4n) is 2.73. The van der Waals surface area contributed by atoms with Crippen LogP contribution in [-0.2, 0) is 11.8 Å². The Hall–Kier alpha value is -1.79. The lowest BCUT2D eigenvalue weighted by Gasteiger charge is -2.36. The Labute approximate surface area is 134 Å². The van der Waals surface area contributed by atoms with E-state index in [2.05, 4.69) is 4.98 Å². The number of hydrogen-bond acceptors (Lipinski definition) is 4. The van der Waals surface area contributed by atoms with E-state index in [1.165, 1.54) is 11.8 Å². The number of rotatable bonds is 3. The predicted octanol–water partition coefficient (Wildman–Crippen LogP) is 2.36. The van der Waals surface area contributed by atoms with E-state index in [9.17, 15) is 4.79 Å². The number of carbonyl (C=O) groups is 1. The molecule has 1 aliphatic heterocycles. The van der Waals surface area contributed by atoms with Gasteiger partial charge in [-0.2, -0.15) is 0 Å². The first-order valence-electron chi connectivity index (χ1n) is 7.20. The van der Waals surface area contributed by atoms with Crippen LogP contribution in [0.2, 0.25) is 0 Å². The molecule has 0 aromatic carbocycles. The van der Waals surface area contributed by atoms with Crippen molar-refractivity contribution in [2.45, 2.75) is 11.1 Å². The standard InChI is InChI=1S/C16H19N3O2S/c1-18-7-3-4-13(18)14-11-21-9-8-19(14)16(20)12-5-6-17-15(10-12)22-2/h3-7,10,14H,8-9,11H2,1-2H3/t14-/m0/s1. The molecule has 1 atom stereocenters. The molecule has 116 valence electrons. The average Bonchev–Trinajstić information content (AvgIpc) is 3.00. The summed E-state index contributed by atoms with van der Waals surface area (Å²) in [4.78, 5) is 19.0. The quantitative estimate of drug-likeness (QED) is 0.815. The second kappa shape index (κ2) is 6.54. The maximum absolute atomic E-state index is 12.9. The van der Waals surface area contributed by atoms with Gasteiger partial charge < -0.3 is 14.2 Å². The first kappa shape index (κ1) is 15.1. The molecule has 0 spiro atoms. The number of nitrogens with zero attached hydrogens (tertiary/aromatic N) is 3. The van der Waals surface area contributed by atoms with Crippen LogP contribution in [-0.4, -0.2) is 46.4 Å². The number of aryl methyl sites for hydroxylation is 1. The molecule has 1 amide bonds. The SMILES string of the molecule is CSc1cc(C(=O)N2CCOC[C@H]2c2cccn2C)ccn1. The minimum atomic E-state index is -0.0489. The summed E-state index contributed by atoms with van der Waals surface area (Å²) in [5.41, 5.74) is 1.77. The van der Waals surface area contributed by atoms with E-state index >= 15 is 0 Å². The summed E-state index contributed by atoms with van der Waals surface area (Å²) in [5, 5.41) is 0.856. The van der Waals surface area contributed by atoms with E-state index in [-0.39, 0.29) is 11.9 Å².